The zero-order valence-electron chi connectivity index (χ0n) is 20.3. The second-order valence-electron chi connectivity index (χ2n) is 7.90. The van der Waals surface area contributed by atoms with Crippen molar-refractivity contribution in [1.29, 1.82) is 0 Å². The van der Waals surface area contributed by atoms with Crippen LogP contribution in [0.15, 0.2) is 54.3 Å². The Morgan fingerprint density at radius 2 is 1.57 bits per heavy atom. The molecular weight excluding hydrogens is 448 g/mol. The number of hydrogen-bond acceptors (Lipinski definition) is 7. The Bertz CT molecular complexity index is 1290. The number of allylic oxidation sites excluding steroid dienone is 1. The number of benzene rings is 3. The molecule has 1 aliphatic heterocycles. The van der Waals surface area contributed by atoms with Gasteiger partial charge < -0.3 is 23.7 Å². The molecular formula is C28H26O7. The van der Waals surface area contributed by atoms with E-state index in [9.17, 15) is 9.59 Å². The SMILES string of the molecule is CCc1ccc(/C=C2\Oc3c(ccc(OC(=O)c4cc(OC)c(OC)c(OC)c4)c3C)C2=O)cc1. The van der Waals surface area contributed by atoms with Crippen molar-refractivity contribution in [3.63, 3.8) is 0 Å². The van der Waals surface area contributed by atoms with Crippen molar-refractivity contribution in [2.45, 2.75) is 20.3 Å². The minimum Gasteiger partial charge on any atom is -0.493 e. The summed E-state index contributed by atoms with van der Waals surface area (Å²) in [5, 5.41) is 0. The van der Waals surface area contributed by atoms with Gasteiger partial charge in [-0.1, -0.05) is 31.2 Å². The van der Waals surface area contributed by atoms with Gasteiger partial charge in [0.15, 0.2) is 17.3 Å². The fourth-order valence-electron chi connectivity index (χ4n) is 3.84. The Labute approximate surface area is 203 Å². The molecule has 0 amide bonds. The maximum absolute atomic E-state index is 12.9. The predicted octanol–water partition coefficient (Wildman–Crippen LogP) is 5.42. The van der Waals surface area contributed by atoms with Gasteiger partial charge in [0.25, 0.3) is 0 Å². The third-order valence-electron chi connectivity index (χ3n) is 5.83. The maximum atomic E-state index is 12.9. The summed E-state index contributed by atoms with van der Waals surface area (Å²) < 4.78 is 27.5. The van der Waals surface area contributed by atoms with E-state index in [4.69, 9.17) is 23.7 Å². The second-order valence-corrected chi connectivity index (χ2v) is 7.90. The number of hydrogen-bond donors (Lipinski definition) is 0. The smallest absolute Gasteiger partial charge is 0.343 e. The van der Waals surface area contributed by atoms with Crippen molar-refractivity contribution < 1.29 is 33.3 Å². The summed E-state index contributed by atoms with van der Waals surface area (Å²) in [7, 11) is 4.42. The minimum absolute atomic E-state index is 0.215. The van der Waals surface area contributed by atoms with Crippen LogP contribution in [0.2, 0.25) is 0 Å². The highest BCUT2D eigenvalue weighted by molar-refractivity contribution is 6.15. The number of Topliss-reactive ketones (excluding diaryl/α,β-unsaturated/α-hetero) is 1. The van der Waals surface area contributed by atoms with E-state index in [-0.39, 0.29) is 22.9 Å². The molecule has 1 aliphatic rings. The van der Waals surface area contributed by atoms with Crippen molar-refractivity contribution in [2.24, 2.45) is 0 Å². The molecule has 0 aliphatic carbocycles. The van der Waals surface area contributed by atoms with E-state index in [1.165, 1.54) is 39.0 Å². The molecule has 7 heteroatoms. The van der Waals surface area contributed by atoms with E-state index >= 15 is 0 Å². The lowest BCUT2D eigenvalue weighted by Crippen LogP contribution is -2.10. The van der Waals surface area contributed by atoms with Crippen molar-refractivity contribution in [3.8, 4) is 28.7 Å². The molecule has 0 saturated carbocycles. The zero-order chi connectivity index (χ0) is 25.1. The van der Waals surface area contributed by atoms with Gasteiger partial charge in [0, 0.05) is 5.56 Å². The molecule has 1 heterocycles. The van der Waals surface area contributed by atoms with Gasteiger partial charge in [-0.25, -0.2) is 4.79 Å². The lowest BCUT2D eigenvalue weighted by atomic mass is 10.0. The molecule has 3 aromatic carbocycles. The number of rotatable bonds is 7. The number of ketones is 1. The lowest BCUT2D eigenvalue weighted by Gasteiger charge is -2.14. The van der Waals surface area contributed by atoms with Crippen LogP contribution in [0, 0.1) is 6.92 Å². The monoisotopic (exact) mass is 474 g/mol. The van der Waals surface area contributed by atoms with Crippen LogP contribution in [0.5, 0.6) is 28.7 Å². The van der Waals surface area contributed by atoms with Crippen LogP contribution in [-0.4, -0.2) is 33.1 Å². The molecule has 0 radical (unpaired) electrons. The Kier molecular flexibility index (Phi) is 6.78. The summed E-state index contributed by atoms with van der Waals surface area (Å²) in [4.78, 5) is 25.8. The number of carbonyl (C=O) groups is 2. The molecule has 4 rings (SSSR count). The van der Waals surface area contributed by atoms with Crippen molar-refractivity contribution >= 4 is 17.8 Å². The van der Waals surface area contributed by atoms with Gasteiger partial charge in [-0.15, -0.1) is 0 Å². The Morgan fingerprint density at radius 1 is 0.914 bits per heavy atom. The number of carbonyl (C=O) groups excluding carboxylic acids is 2. The van der Waals surface area contributed by atoms with Crippen LogP contribution < -0.4 is 23.7 Å². The van der Waals surface area contributed by atoms with Crippen molar-refractivity contribution in [2.75, 3.05) is 21.3 Å². The Morgan fingerprint density at radius 3 is 2.14 bits per heavy atom. The van der Waals surface area contributed by atoms with E-state index in [0.717, 1.165) is 12.0 Å². The third-order valence-corrected chi connectivity index (χ3v) is 5.83. The van der Waals surface area contributed by atoms with E-state index < -0.39 is 5.97 Å². The molecule has 0 bridgehead atoms. The third kappa shape index (κ3) is 4.57. The summed E-state index contributed by atoms with van der Waals surface area (Å²) in [5.74, 6) is 1.08. The van der Waals surface area contributed by atoms with E-state index in [1.807, 2.05) is 24.3 Å². The summed E-state index contributed by atoms with van der Waals surface area (Å²) in [5.41, 5.74) is 3.26. The molecule has 35 heavy (non-hydrogen) atoms. The Balaban J connectivity index is 1.60. The average molecular weight is 475 g/mol. The predicted molar refractivity (Wildman–Crippen MR) is 131 cm³/mol. The van der Waals surface area contributed by atoms with Gasteiger partial charge in [0.05, 0.1) is 32.5 Å². The van der Waals surface area contributed by atoms with Crippen molar-refractivity contribution in [3.05, 3.63) is 82.1 Å². The van der Waals surface area contributed by atoms with E-state index in [0.29, 0.717) is 34.1 Å². The molecule has 0 saturated heterocycles. The lowest BCUT2D eigenvalue weighted by molar-refractivity contribution is 0.0732. The van der Waals surface area contributed by atoms with Crippen LogP contribution in [0.3, 0.4) is 0 Å². The highest BCUT2D eigenvalue weighted by atomic mass is 16.5. The van der Waals surface area contributed by atoms with Crippen molar-refractivity contribution in [1.82, 2.24) is 0 Å². The minimum atomic E-state index is -0.622. The van der Waals surface area contributed by atoms with E-state index in [1.54, 1.807) is 25.1 Å². The first-order valence-electron chi connectivity index (χ1n) is 11.1. The van der Waals surface area contributed by atoms with Gasteiger partial charge in [-0.3, -0.25) is 4.79 Å². The van der Waals surface area contributed by atoms with Crippen LogP contribution in [0.25, 0.3) is 6.08 Å². The summed E-state index contributed by atoms with van der Waals surface area (Å²) in [6.45, 7) is 3.82. The molecule has 3 aromatic rings. The molecule has 0 N–H and O–H groups in total. The molecule has 0 spiro atoms. The van der Waals surface area contributed by atoms with Gasteiger partial charge in [0.2, 0.25) is 11.5 Å². The second kappa shape index (κ2) is 9.93. The first-order chi connectivity index (χ1) is 16.9. The normalized spacial score (nSPS) is 13.3. The standard InChI is InChI=1S/C28H26O7/c1-6-17-7-9-18(10-8-17)13-22-25(29)20-11-12-21(16(2)26(20)34-22)35-28(30)19-14-23(31-3)27(33-5)24(15-19)32-4/h7-15H,6H2,1-5H3/b22-13-. The van der Waals surface area contributed by atoms with Crippen LogP contribution in [-0.2, 0) is 6.42 Å². The fraction of sp³-hybridized carbons (Fsp3) is 0.214. The fourth-order valence-corrected chi connectivity index (χ4v) is 3.84. The highest BCUT2D eigenvalue weighted by Crippen LogP contribution is 2.41. The first kappa shape index (κ1) is 23.9. The first-order valence-corrected chi connectivity index (χ1v) is 11.1. The molecule has 0 aromatic heterocycles. The largest absolute Gasteiger partial charge is 0.493 e. The van der Waals surface area contributed by atoms with Crippen LogP contribution in [0.4, 0.5) is 0 Å². The molecule has 0 atom stereocenters. The maximum Gasteiger partial charge on any atom is 0.343 e. The highest BCUT2D eigenvalue weighted by Gasteiger charge is 2.31. The van der Waals surface area contributed by atoms with Gasteiger partial charge >= 0.3 is 5.97 Å². The molecule has 180 valence electrons. The molecule has 0 unspecified atom stereocenters. The van der Waals surface area contributed by atoms with Gasteiger partial charge in [0.1, 0.15) is 11.5 Å². The summed E-state index contributed by atoms with van der Waals surface area (Å²) in [6, 6.07) is 14.1. The zero-order valence-corrected chi connectivity index (χ0v) is 20.3. The number of methoxy groups -OCH3 is 3. The van der Waals surface area contributed by atoms with Gasteiger partial charge in [-0.2, -0.15) is 0 Å². The molecule has 0 fully saturated rings. The summed E-state index contributed by atoms with van der Waals surface area (Å²) >= 11 is 0. The summed E-state index contributed by atoms with van der Waals surface area (Å²) in [6.07, 6.45) is 2.65. The number of fused-ring (bicyclic) bond motifs is 1. The average Bonchev–Trinajstić information content (AvgIpc) is 3.20. The number of aryl methyl sites for hydroxylation is 1. The number of esters is 1. The molecule has 7 nitrogen and oxygen atoms in total. The quantitative estimate of drug-likeness (QED) is 0.257. The topological polar surface area (TPSA) is 80.3 Å². The Hall–Kier alpha value is -4.26. The van der Waals surface area contributed by atoms with Crippen LogP contribution in [0.1, 0.15) is 44.3 Å². The number of ether oxygens (including phenoxy) is 5. The van der Waals surface area contributed by atoms with Crippen LogP contribution >= 0.6 is 0 Å². The van der Waals surface area contributed by atoms with E-state index in [2.05, 4.69) is 6.92 Å². The van der Waals surface area contributed by atoms with Gasteiger partial charge in [-0.05, 0) is 54.8 Å².